The van der Waals surface area contributed by atoms with Crippen molar-refractivity contribution in [2.45, 2.75) is 46.1 Å². The molecule has 0 radical (unpaired) electrons. The van der Waals surface area contributed by atoms with E-state index in [1.54, 1.807) is 6.07 Å². The second-order valence-corrected chi connectivity index (χ2v) is 6.35. The number of unbranched alkanes of at least 4 members (excludes halogenated alkanes) is 1. The zero-order valence-corrected chi connectivity index (χ0v) is 14.2. The number of imidazole rings is 1. The van der Waals surface area contributed by atoms with E-state index in [-0.39, 0.29) is 11.7 Å². The smallest absolute Gasteiger partial charge is 0.138 e. The van der Waals surface area contributed by atoms with Crippen LogP contribution in [0.3, 0.4) is 0 Å². The summed E-state index contributed by atoms with van der Waals surface area (Å²) in [4.78, 5) is 4.66. The second kappa shape index (κ2) is 6.60. The van der Waals surface area contributed by atoms with Gasteiger partial charge < -0.3 is 10.3 Å². The minimum absolute atomic E-state index is 0.276. The normalized spacial score (nSPS) is 11.3. The molecule has 0 saturated heterocycles. The Hall–Kier alpha value is -1.36. The highest BCUT2D eigenvalue weighted by molar-refractivity contribution is 9.10. The van der Waals surface area contributed by atoms with Crippen molar-refractivity contribution in [2.75, 3.05) is 5.73 Å². The molecule has 0 amide bonds. The van der Waals surface area contributed by atoms with Gasteiger partial charge in [0.2, 0.25) is 0 Å². The fourth-order valence-electron chi connectivity index (χ4n) is 2.33. The van der Waals surface area contributed by atoms with Gasteiger partial charge in [-0.25, -0.2) is 9.37 Å². The summed E-state index contributed by atoms with van der Waals surface area (Å²) in [5.74, 6) is 1.55. The summed E-state index contributed by atoms with van der Waals surface area (Å²) in [5.41, 5.74) is 7.65. The fraction of sp³-hybridized carbons (Fsp3) is 0.438. The van der Waals surface area contributed by atoms with Gasteiger partial charge in [0.15, 0.2) is 0 Å². The molecule has 21 heavy (non-hydrogen) atoms. The van der Waals surface area contributed by atoms with Crippen LogP contribution in [0.1, 0.15) is 45.4 Å². The van der Waals surface area contributed by atoms with Crippen molar-refractivity contribution in [2.24, 2.45) is 0 Å². The Kier molecular flexibility index (Phi) is 5.04. The van der Waals surface area contributed by atoms with Gasteiger partial charge >= 0.3 is 0 Å². The van der Waals surface area contributed by atoms with Crippen LogP contribution >= 0.6 is 15.9 Å². The predicted molar refractivity (Wildman–Crippen MR) is 88.7 cm³/mol. The van der Waals surface area contributed by atoms with Crippen molar-refractivity contribution < 1.29 is 4.39 Å². The van der Waals surface area contributed by atoms with Crippen LogP contribution in [0.4, 0.5) is 10.2 Å². The third-order valence-electron chi connectivity index (χ3n) is 3.48. The van der Waals surface area contributed by atoms with E-state index in [0.29, 0.717) is 21.5 Å². The summed E-state index contributed by atoms with van der Waals surface area (Å²) in [6.45, 7) is 7.18. The van der Waals surface area contributed by atoms with Gasteiger partial charge in [-0.15, -0.1) is 0 Å². The molecule has 5 heteroatoms. The van der Waals surface area contributed by atoms with E-state index in [9.17, 15) is 4.39 Å². The van der Waals surface area contributed by atoms with Crippen molar-refractivity contribution in [1.82, 2.24) is 9.55 Å². The predicted octanol–water partition coefficient (Wildman–Crippen LogP) is 4.96. The van der Waals surface area contributed by atoms with Gasteiger partial charge in [-0.3, -0.25) is 0 Å². The number of benzene rings is 1. The Bertz CT molecular complexity index is 635. The summed E-state index contributed by atoms with van der Waals surface area (Å²) in [5, 5.41) is 0. The SMILES string of the molecule is CCCCn1c(C(C)C)nc(-c2ccc(Br)c(F)c2)c1N. The van der Waals surface area contributed by atoms with Crippen LogP contribution in [0.25, 0.3) is 11.3 Å². The maximum absolute atomic E-state index is 13.7. The van der Waals surface area contributed by atoms with E-state index in [1.807, 2.05) is 6.07 Å². The molecule has 0 spiro atoms. The molecule has 0 aliphatic rings. The molecular weight excluding hydrogens is 333 g/mol. The van der Waals surface area contributed by atoms with Crippen molar-refractivity contribution in [3.8, 4) is 11.3 Å². The lowest BCUT2D eigenvalue weighted by Crippen LogP contribution is -2.08. The Morgan fingerprint density at radius 3 is 2.67 bits per heavy atom. The first kappa shape index (κ1) is 16.0. The standard InChI is InChI=1S/C16H21BrFN3/c1-4-5-8-21-15(19)14(20-16(21)10(2)3)11-6-7-12(17)13(18)9-11/h6-7,9-10H,4-5,8,19H2,1-3H3. The molecule has 0 bridgehead atoms. The van der Waals surface area contributed by atoms with Crippen molar-refractivity contribution in [3.05, 3.63) is 34.3 Å². The van der Waals surface area contributed by atoms with Gasteiger partial charge in [-0.1, -0.05) is 33.3 Å². The number of hydrogen-bond acceptors (Lipinski definition) is 2. The zero-order chi connectivity index (χ0) is 15.6. The lowest BCUT2D eigenvalue weighted by molar-refractivity contribution is 0.588. The van der Waals surface area contributed by atoms with E-state index < -0.39 is 0 Å². The molecule has 1 aromatic carbocycles. The highest BCUT2D eigenvalue weighted by atomic mass is 79.9. The van der Waals surface area contributed by atoms with Crippen LogP contribution in [0.2, 0.25) is 0 Å². The number of nitrogens with two attached hydrogens (primary N) is 1. The second-order valence-electron chi connectivity index (χ2n) is 5.49. The number of nitrogens with zero attached hydrogens (tertiary/aromatic N) is 2. The van der Waals surface area contributed by atoms with Gasteiger partial charge in [0.1, 0.15) is 23.2 Å². The minimum atomic E-state index is -0.305. The first-order valence-corrected chi connectivity index (χ1v) is 8.06. The van der Waals surface area contributed by atoms with Gasteiger partial charge in [0, 0.05) is 18.0 Å². The van der Waals surface area contributed by atoms with Crippen LogP contribution in [0, 0.1) is 5.82 Å². The Morgan fingerprint density at radius 2 is 2.10 bits per heavy atom. The number of rotatable bonds is 5. The topological polar surface area (TPSA) is 43.8 Å². The summed E-state index contributed by atoms with van der Waals surface area (Å²) < 4.78 is 16.2. The van der Waals surface area contributed by atoms with Crippen LogP contribution in [-0.2, 0) is 6.54 Å². The van der Waals surface area contributed by atoms with Crippen LogP contribution in [0.15, 0.2) is 22.7 Å². The zero-order valence-electron chi connectivity index (χ0n) is 12.7. The third-order valence-corrected chi connectivity index (χ3v) is 4.12. The van der Waals surface area contributed by atoms with E-state index in [0.717, 1.165) is 25.2 Å². The van der Waals surface area contributed by atoms with Gasteiger partial charge in [0.05, 0.1) is 4.47 Å². The molecule has 0 saturated carbocycles. The van der Waals surface area contributed by atoms with Crippen LogP contribution < -0.4 is 5.73 Å². The summed E-state index contributed by atoms with van der Waals surface area (Å²) in [6.07, 6.45) is 2.14. The Balaban J connectivity index is 2.51. The average molecular weight is 354 g/mol. The van der Waals surface area contributed by atoms with Crippen LogP contribution in [-0.4, -0.2) is 9.55 Å². The van der Waals surface area contributed by atoms with Crippen molar-refractivity contribution in [3.63, 3.8) is 0 Å². The fourth-order valence-corrected chi connectivity index (χ4v) is 2.58. The monoisotopic (exact) mass is 353 g/mol. The highest BCUT2D eigenvalue weighted by Crippen LogP contribution is 2.31. The summed E-state index contributed by atoms with van der Waals surface area (Å²) >= 11 is 3.17. The molecule has 1 aromatic heterocycles. The largest absolute Gasteiger partial charge is 0.383 e. The van der Waals surface area contributed by atoms with E-state index in [2.05, 4.69) is 46.3 Å². The maximum Gasteiger partial charge on any atom is 0.138 e. The molecule has 2 aromatic rings. The molecule has 2 N–H and O–H groups in total. The number of nitrogen functional groups attached to an aromatic ring is 1. The Morgan fingerprint density at radius 1 is 1.38 bits per heavy atom. The number of halogens is 2. The molecule has 0 fully saturated rings. The average Bonchev–Trinajstić information content (AvgIpc) is 2.77. The molecule has 0 atom stereocenters. The maximum atomic E-state index is 13.7. The lowest BCUT2D eigenvalue weighted by atomic mass is 10.1. The lowest BCUT2D eigenvalue weighted by Gasteiger charge is -2.11. The third kappa shape index (κ3) is 3.28. The number of aromatic nitrogens is 2. The minimum Gasteiger partial charge on any atom is -0.383 e. The van der Waals surface area contributed by atoms with E-state index in [1.165, 1.54) is 6.07 Å². The molecule has 1 heterocycles. The number of anilines is 1. The van der Waals surface area contributed by atoms with E-state index >= 15 is 0 Å². The van der Waals surface area contributed by atoms with Gasteiger partial charge in [-0.05, 0) is 34.5 Å². The summed E-state index contributed by atoms with van der Waals surface area (Å²) in [6, 6.07) is 4.99. The molecule has 2 rings (SSSR count). The quantitative estimate of drug-likeness (QED) is 0.825. The molecule has 0 aliphatic heterocycles. The van der Waals surface area contributed by atoms with Crippen molar-refractivity contribution >= 4 is 21.7 Å². The van der Waals surface area contributed by atoms with Gasteiger partial charge in [-0.2, -0.15) is 0 Å². The first-order chi connectivity index (χ1) is 9.95. The van der Waals surface area contributed by atoms with Crippen molar-refractivity contribution in [1.29, 1.82) is 0 Å². The first-order valence-electron chi connectivity index (χ1n) is 7.27. The van der Waals surface area contributed by atoms with Crippen LogP contribution in [0.5, 0.6) is 0 Å². The molecule has 0 unspecified atom stereocenters. The molecule has 3 nitrogen and oxygen atoms in total. The van der Waals surface area contributed by atoms with Gasteiger partial charge in [0.25, 0.3) is 0 Å². The molecule has 114 valence electrons. The Labute approximate surface area is 133 Å². The number of hydrogen-bond donors (Lipinski definition) is 1. The molecular formula is C16H21BrFN3. The summed E-state index contributed by atoms with van der Waals surface area (Å²) in [7, 11) is 0. The molecule has 0 aliphatic carbocycles. The highest BCUT2D eigenvalue weighted by Gasteiger charge is 2.18. The van der Waals surface area contributed by atoms with E-state index in [4.69, 9.17) is 5.73 Å².